The fraction of sp³-hybridized carbons (Fsp3) is 0.609. The van der Waals surface area contributed by atoms with Crippen molar-refractivity contribution in [2.24, 2.45) is 0 Å². The Bertz CT molecular complexity index is 1060. The molecule has 1 saturated carbocycles. The Balaban J connectivity index is 1.34. The first-order valence-corrected chi connectivity index (χ1v) is 13.4. The minimum absolute atomic E-state index is 0.0610. The number of imide groups is 1. The molecule has 0 spiro atoms. The third kappa shape index (κ3) is 3.85. The van der Waals surface area contributed by atoms with E-state index in [2.05, 4.69) is 10.2 Å². The van der Waals surface area contributed by atoms with Gasteiger partial charge in [0.25, 0.3) is 17.7 Å². The zero-order chi connectivity index (χ0) is 22.5. The number of amides is 3. The van der Waals surface area contributed by atoms with Crippen LogP contribution >= 0.6 is 0 Å². The van der Waals surface area contributed by atoms with Gasteiger partial charge in [-0.05, 0) is 57.0 Å². The molecule has 172 valence electrons. The van der Waals surface area contributed by atoms with Gasteiger partial charge >= 0.3 is 0 Å². The Hall–Kier alpha value is -2.26. The number of sulfone groups is 1. The molecule has 4 aliphatic rings. The number of likely N-dealkylation sites (tertiary alicyclic amines) is 1. The second-order valence-corrected chi connectivity index (χ2v) is 11.7. The van der Waals surface area contributed by atoms with Crippen LogP contribution in [0.4, 0.5) is 0 Å². The summed E-state index contributed by atoms with van der Waals surface area (Å²) in [6.45, 7) is 1.69. The number of benzene rings is 1. The summed E-state index contributed by atoms with van der Waals surface area (Å²) in [6.07, 6.45) is 6.87. The Kier molecular flexibility index (Phi) is 5.57. The molecule has 2 unspecified atom stereocenters. The number of fused-ring (bicyclic) bond motifs is 1. The topological polar surface area (TPSA) is 104 Å². The third-order valence-electron chi connectivity index (χ3n) is 7.37. The van der Waals surface area contributed by atoms with Crippen molar-refractivity contribution in [3.63, 3.8) is 0 Å². The average molecular weight is 460 g/mol. The molecule has 2 atom stereocenters. The second kappa shape index (κ2) is 8.26. The normalized spacial score (nSPS) is 28.3. The van der Waals surface area contributed by atoms with Gasteiger partial charge < -0.3 is 5.32 Å². The van der Waals surface area contributed by atoms with Crippen LogP contribution in [0.25, 0.3) is 0 Å². The number of nitrogens with one attached hydrogen (secondary N) is 1. The highest BCUT2D eigenvalue weighted by molar-refractivity contribution is 7.91. The Morgan fingerprint density at radius 2 is 1.59 bits per heavy atom. The summed E-state index contributed by atoms with van der Waals surface area (Å²) in [5.41, 5.74) is 0.888. The van der Waals surface area contributed by atoms with E-state index >= 15 is 0 Å². The number of carbonyl (C=O) groups is 3. The van der Waals surface area contributed by atoms with Gasteiger partial charge in [-0.1, -0.05) is 19.3 Å². The van der Waals surface area contributed by atoms with Gasteiger partial charge in [-0.3, -0.25) is 24.2 Å². The van der Waals surface area contributed by atoms with Crippen LogP contribution in [0.15, 0.2) is 18.2 Å². The zero-order valence-corrected chi connectivity index (χ0v) is 18.9. The van der Waals surface area contributed by atoms with Crippen LogP contribution in [0.5, 0.6) is 0 Å². The fourth-order valence-electron chi connectivity index (χ4n) is 5.72. The maximum Gasteiger partial charge on any atom is 0.261 e. The molecule has 1 aliphatic carbocycles. The Morgan fingerprint density at radius 1 is 0.906 bits per heavy atom. The number of nitrogens with zero attached hydrogens (tertiary/aromatic N) is 2. The van der Waals surface area contributed by atoms with Crippen LogP contribution in [0.3, 0.4) is 0 Å². The molecule has 0 bridgehead atoms. The van der Waals surface area contributed by atoms with Crippen LogP contribution in [-0.4, -0.2) is 78.7 Å². The van der Waals surface area contributed by atoms with E-state index < -0.39 is 21.8 Å². The van der Waals surface area contributed by atoms with Gasteiger partial charge in [-0.15, -0.1) is 0 Å². The second-order valence-electron chi connectivity index (χ2n) is 9.50. The first-order valence-electron chi connectivity index (χ1n) is 11.6. The molecule has 1 aromatic rings. The summed E-state index contributed by atoms with van der Waals surface area (Å²) in [6, 6.07) is 3.83. The monoisotopic (exact) mass is 459 g/mol. The highest BCUT2D eigenvalue weighted by Crippen LogP contribution is 2.31. The zero-order valence-electron chi connectivity index (χ0n) is 18.1. The first-order chi connectivity index (χ1) is 15.3. The van der Waals surface area contributed by atoms with E-state index in [0.29, 0.717) is 5.56 Å². The predicted octanol–water partition coefficient (Wildman–Crippen LogP) is 1.61. The Labute approximate surface area is 188 Å². The average Bonchev–Trinajstić information content (AvgIpc) is 3.46. The molecular weight excluding hydrogens is 430 g/mol. The summed E-state index contributed by atoms with van der Waals surface area (Å²) >= 11 is 0. The van der Waals surface area contributed by atoms with Crippen molar-refractivity contribution in [3.05, 3.63) is 34.9 Å². The summed E-state index contributed by atoms with van der Waals surface area (Å²) in [5.74, 6) is -1.02. The van der Waals surface area contributed by atoms with E-state index in [-0.39, 0.29) is 46.5 Å². The van der Waals surface area contributed by atoms with Gasteiger partial charge in [0.2, 0.25) is 0 Å². The molecule has 32 heavy (non-hydrogen) atoms. The minimum Gasteiger partial charge on any atom is -0.347 e. The lowest BCUT2D eigenvalue weighted by Gasteiger charge is -2.29. The highest BCUT2D eigenvalue weighted by atomic mass is 32.2. The van der Waals surface area contributed by atoms with Crippen molar-refractivity contribution in [2.45, 2.75) is 63.1 Å². The number of hydrogen-bond acceptors (Lipinski definition) is 6. The largest absolute Gasteiger partial charge is 0.347 e. The number of rotatable bonds is 4. The number of carbonyl (C=O) groups excluding carboxylic acids is 3. The van der Waals surface area contributed by atoms with Crippen LogP contribution in [0.2, 0.25) is 0 Å². The minimum atomic E-state index is -3.22. The van der Waals surface area contributed by atoms with E-state index in [1.807, 2.05) is 0 Å². The molecule has 0 radical (unpaired) electrons. The Morgan fingerprint density at radius 3 is 2.31 bits per heavy atom. The van der Waals surface area contributed by atoms with Crippen LogP contribution in [0, 0.1) is 0 Å². The molecule has 2 saturated heterocycles. The van der Waals surface area contributed by atoms with E-state index in [1.165, 1.54) is 11.0 Å². The maximum absolute atomic E-state index is 13.0. The number of hydrogen-bond donors (Lipinski definition) is 1. The van der Waals surface area contributed by atoms with Crippen molar-refractivity contribution >= 4 is 27.6 Å². The lowest BCUT2D eigenvalue weighted by molar-refractivity contribution is 0.0548. The molecule has 5 rings (SSSR count). The molecule has 0 aromatic heterocycles. The van der Waals surface area contributed by atoms with Crippen LogP contribution in [-0.2, 0) is 9.84 Å². The van der Waals surface area contributed by atoms with E-state index in [4.69, 9.17) is 0 Å². The van der Waals surface area contributed by atoms with Crippen molar-refractivity contribution in [2.75, 3.05) is 24.6 Å². The summed E-state index contributed by atoms with van der Waals surface area (Å²) in [7, 11) is -3.22. The molecule has 9 heteroatoms. The SMILES string of the molecule is O=C(NC1CS(=O)(=O)CC1N1CCCC1)c1ccc2c(c1)C(=O)N(C1CCCCC1)C2=O. The molecule has 1 aromatic carbocycles. The molecular formula is C23H29N3O5S. The van der Waals surface area contributed by atoms with Crippen LogP contribution in [0.1, 0.15) is 76.0 Å². The van der Waals surface area contributed by atoms with Gasteiger partial charge in [-0.25, -0.2) is 8.42 Å². The van der Waals surface area contributed by atoms with Gasteiger partial charge in [-0.2, -0.15) is 0 Å². The lowest BCUT2D eigenvalue weighted by atomic mass is 9.94. The smallest absolute Gasteiger partial charge is 0.261 e. The van der Waals surface area contributed by atoms with Gasteiger partial charge in [0.1, 0.15) is 0 Å². The lowest BCUT2D eigenvalue weighted by Crippen LogP contribution is -2.50. The van der Waals surface area contributed by atoms with E-state index in [0.717, 1.165) is 58.0 Å². The molecule has 3 fully saturated rings. The summed E-state index contributed by atoms with van der Waals surface area (Å²) in [5, 5.41) is 2.90. The fourth-order valence-corrected chi connectivity index (χ4v) is 7.68. The van der Waals surface area contributed by atoms with E-state index in [1.54, 1.807) is 12.1 Å². The van der Waals surface area contributed by atoms with E-state index in [9.17, 15) is 22.8 Å². The predicted molar refractivity (Wildman–Crippen MR) is 118 cm³/mol. The van der Waals surface area contributed by atoms with Crippen molar-refractivity contribution in [1.82, 2.24) is 15.1 Å². The maximum atomic E-state index is 13.0. The molecule has 1 N–H and O–H groups in total. The summed E-state index contributed by atoms with van der Waals surface area (Å²) < 4.78 is 24.6. The highest BCUT2D eigenvalue weighted by Gasteiger charge is 2.43. The standard InChI is InChI=1S/C23H29N3O5S/c27-21(24-19-13-32(30,31)14-20(19)25-10-4-5-11-25)15-8-9-17-18(12-15)23(29)26(22(17)28)16-6-2-1-3-7-16/h8-9,12,16,19-20H,1-7,10-11,13-14H2,(H,24,27). The summed E-state index contributed by atoms with van der Waals surface area (Å²) in [4.78, 5) is 42.4. The quantitative estimate of drug-likeness (QED) is 0.686. The van der Waals surface area contributed by atoms with Gasteiger partial charge in [0.05, 0.1) is 28.7 Å². The molecule has 3 amide bonds. The van der Waals surface area contributed by atoms with Gasteiger partial charge in [0.15, 0.2) is 9.84 Å². The van der Waals surface area contributed by atoms with Crippen molar-refractivity contribution in [1.29, 1.82) is 0 Å². The molecule has 3 aliphatic heterocycles. The first kappa shape index (κ1) is 21.6. The molecule has 8 nitrogen and oxygen atoms in total. The van der Waals surface area contributed by atoms with Gasteiger partial charge in [0, 0.05) is 17.6 Å². The van der Waals surface area contributed by atoms with Crippen molar-refractivity contribution in [3.8, 4) is 0 Å². The molecule has 3 heterocycles. The van der Waals surface area contributed by atoms with Crippen LogP contribution < -0.4 is 5.32 Å². The van der Waals surface area contributed by atoms with Crippen molar-refractivity contribution < 1.29 is 22.8 Å². The third-order valence-corrected chi connectivity index (χ3v) is 9.09.